The van der Waals surface area contributed by atoms with Crippen molar-refractivity contribution in [2.75, 3.05) is 13.2 Å². The van der Waals surface area contributed by atoms with E-state index in [1.54, 1.807) is 0 Å². The summed E-state index contributed by atoms with van der Waals surface area (Å²) in [7, 11) is 0. The summed E-state index contributed by atoms with van der Waals surface area (Å²) < 4.78 is 0. The smallest absolute Gasteiger partial charge is 0.317 e. The molecular formula is C15H30O6. The molecule has 0 unspecified atom stereocenters. The van der Waals surface area contributed by atoms with Gasteiger partial charge in [-0.2, -0.15) is 0 Å². The highest BCUT2D eigenvalue weighted by Crippen LogP contribution is 2.13. The molecule has 4 N–H and O–H groups in total. The van der Waals surface area contributed by atoms with Crippen LogP contribution in [-0.4, -0.2) is 45.6 Å². The van der Waals surface area contributed by atoms with Crippen molar-refractivity contribution in [1.82, 2.24) is 0 Å². The van der Waals surface area contributed by atoms with Gasteiger partial charge in [-0.1, -0.05) is 58.3 Å². The highest BCUT2D eigenvalue weighted by molar-refractivity contribution is 5.92. The molecule has 0 atom stereocenters. The molecule has 0 heterocycles. The molecule has 0 amide bonds. The number of carboxylic acid groups (broad SMARTS) is 2. The maximum Gasteiger partial charge on any atom is 0.317 e. The quantitative estimate of drug-likeness (QED) is 0.325. The molecule has 126 valence electrons. The van der Waals surface area contributed by atoms with Gasteiger partial charge in [0, 0.05) is 0 Å². The van der Waals surface area contributed by atoms with E-state index in [0.29, 0.717) is 6.42 Å². The van der Waals surface area contributed by atoms with Gasteiger partial charge in [0.25, 0.3) is 0 Å². The summed E-state index contributed by atoms with van der Waals surface area (Å²) in [5.74, 6) is -3.67. The lowest BCUT2D eigenvalue weighted by Gasteiger charge is -2.06. The summed E-state index contributed by atoms with van der Waals surface area (Å²) in [5.41, 5.74) is 0. The summed E-state index contributed by atoms with van der Waals surface area (Å²) in [5, 5.41) is 32.6. The number of aliphatic hydroxyl groups is 2. The van der Waals surface area contributed by atoms with E-state index in [9.17, 15) is 9.59 Å². The highest BCUT2D eigenvalue weighted by Gasteiger charge is 2.24. The predicted molar refractivity (Wildman–Crippen MR) is 80.2 cm³/mol. The summed E-state index contributed by atoms with van der Waals surface area (Å²) >= 11 is 0. The predicted octanol–water partition coefficient (Wildman–Crippen LogP) is 2.27. The maximum atomic E-state index is 10.6. The minimum Gasteiger partial charge on any atom is -0.481 e. The monoisotopic (exact) mass is 306 g/mol. The minimum atomic E-state index is -1.23. The molecule has 0 aliphatic heterocycles. The van der Waals surface area contributed by atoms with Crippen molar-refractivity contribution in [3.05, 3.63) is 0 Å². The molecule has 0 rings (SSSR count). The lowest BCUT2D eigenvalue weighted by atomic mass is 10.0. The molecule has 0 aliphatic rings. The molecule has 21 heavy (non-hydrogen) atoms. The highest BCUT2D eigenvalue weighted by atomic mass is 16.4. The summed E-state index contributed by atoms with van der Waals surface area (Å²) in [6.45, 7) is 1.93. The number of rotatable bonds is 12. The van der Waals surface area contributed by atoms with Crippen LogP contribution < -0.4 is 0 Å². The van der Waals surface area contributed by atoms with Gasteiger partial charge in [0.15, 0.2) is 5.92 Å². The van der Waals surface area contributed by atoms with E-state index in [1.165, 1.54) is 32.1 Å². The van der Waals surface area contributed by atoms with Crippen LogP contribution in [0.2, 0.25) is 0 Å². The molecule has 0 aromatic carbocycles. The Hall–Kier alpha value is -1.14. The first-order valence-corrected chi connectivity index (χ1v) is 7.68. The van der Waals surface area contributed by atoms with Crippen LogP contribution in [0.5, 0.6) is 0 Å². The van der Waals surface area contributed by atoms with Crippen molar-refractivity contribution in [2.45, 2.75) is 64.7 Å². The van der Waals surface area contributed by atoms with E-state index in [2.05, 4.69) is 6.92 Å². The van der Waals surface area contributed by atoms with E-state index < -0.39 is 17.9 Å². The van der Waals surface area contributed by atoms with Gasteiger partial charge < -0.3 is 20.4 Å². The van der Waals surface area contributed by atoms with Crippen LogP contribution >= 0.6 is 0 Å². The Balaban J connectivity index is 0. The van der Waals surface area contributed by atoms with E-state index in [1.807, 2.05) is 0 Å². The van der Waals surface area contributed by atoms with Crippen molar-refractivity contribution in [3.63, 3.8) is 0 Å². The molecule has 6 nitrogen and oxygen atoms in total. The summed E-state index contributed by atoms with van der Waals surface area (Å²) in [6, 6.07) is 0. The molecule has 0 saturated heterocycles. The molecule has 6 heteroatoms. The fraction of sp³-hybridized carbons (Fsp3) is 0.867. The van der Waals surface area contributed by atoms with Gasteiger partial charge in [0.1, 0.15) is 0 Å². The third kappa shape index (κ3) is 16.8. The van der Waals surface area contributed by atoms with Crippen LogP contribution in [-0.2, 0) is 9.59 Å². The third-order valence-electron chi connectivity index (χ3n) is 3.04. The number of hydrogen-bond donors (Lipinski definition) is 4. The van der Waals surface area contributed by atoms with Crippen LogP contribution in [0.4, 0.5) is 0 Å². The summed E-state index contributed by atoms with van der Waals surface area (Å²) in [4.78, 5) is 21.2. The topological polar surface area (TPSA) is 115 Å². The van der Waals surface area contributed by atoms with Crippen LogP contribution in [0.15, 0.2) is 0 Å². The fourth-order valence-electron chi connectivity index (χ4n) is 1.83. The van der Waals surface area contributed by atoms with Crippen LogP contribution in [0, 0.1) is 5.92 Å². The molecule has 0 aromatic rings. The van der Waals surface area contributed by atoms with E-state index in [-0.39, 0.29) is 19.6 Å². The first-order chi connectivity index (χ1) is 10.0. The fourth-order valence-corrected chi connectivity index (χ4v) is 1.83. The van der Waals surface area contributed by atoms with Crippen molar-refractivity contribution in [3.8, 4) is 0 Å². The third-order valence-corrected chi connectivity index (χ3v) is 3.04. The van der Waals surface area contributed by atoms with Crippen LogP contribution in [0.3, 0.4) is 0 Å². The van der Waals surface area contributed by atoms with Gasteiger partial charge in [0.2, 0.25) is 0 Å². The van der Waals surface area contributed by atoms with Gasteiger partial charge in [-0.05, 0) is 6.42 Å². The second kappa shape index (κ2) is 16.9. The van der Waals surface area contributed by atoms with E-state index in [4.69, 9.17) is 20.4 Å². The lowest BCUT2D eigenvalue weighted by molar-refractivity contribution is -0.154. The van der Waals surface area contributed by atoms with Gasteiger partial charge in [-0.3, -0.25) is 9.59 Å². The second-order valence-corrected chi connectivity index (χ2v) is 4.94. The number of aliphatic hydroxyl groups excluding tert-OH is 2. The zero-order valence-corrected chi connectivity index (χ0v) is 13.0. The molecule has 0 aliphatic carbocycles. The Morgan fingerprint density at radius 2 is 1.14 bits per heavy atom. The number of unbranched alkanes of at least 4 members (excludes halogenated alkanes) is 7. The van der Waals surface area contributed by atoms with Gasteiger partial charge in [-0.15, -0.1) is 0 Å². The van der Waals surface area contributed by atoms with Crippen molar-refractivity contribution in [1.29, 1.82) is 0 Å². The van der Waals surface area contributed by atoms with Crippen molar-refractivity contribution in [2.24, 2.45) is 5.92 Å². The first kappa shape index (κ1) is 22.1. The van der Waals surface area contributed by atoms with E-state index in [0.717, 1.165) is 12.8 Å². The minimum absolute atomic E-state index is 0.125. The zero-order valence-electron chi connectivity index (χ0n) is 13.0. The number of carbonyl (C=O) groups is 2. The SMILES string of the molecule is CCCCCCCCCCC(C(=O)O)C(=O)O.OCCO. The lowest BCUT2D eigenvalue weighted by Crippen LogP contribution is -2.23. The standard InChI is InChI=1S/C13H24O4.C2H6O2/c1-2-3-4-5-6-7-8-9-10-11(12(14)15)13(16)17;3-1-2-4/h11H,2-10H2,1H3,(H,14,15)(H,16,17);3-4H,1-2H2. The van der Waals surface area contributed by atoms with E-state index >= 15 is 0 Å². The second-order valence-electron chi connectivity index (χ2n) is 4.94. The van der Waals surface area contributed by atoms with Crippen LogP contribution in [0.25, 0.3) is 0 Å². The molecule has 0 saturated carbocycles. The summed E-state index contributed by atoms with van der Waals surface area (Å²) in [6.07, 6.45) is 9.14. The number of hydrogen-bond acceptors (Lipinski definition) is 4. The maximum absolute atomic E-state index is 10.6. The molecule has 0 spiro atoms. The average molecular weight is 306 g/mol. The Bertz CT molecular complexity index is 239. The molecule has 0 bridgehead atoms. The normalized spacial score (nSPS) is 10.1. The average Bonchev–Trinajstić information content (AvgIpc) is 2.45. The molecular weight excluding hydrogens is 276 g/mol. The van der Waals surface area contributed by atoms with Crippen molar-refractivity contribution >= 4 is 11.9 Å². The Labute approximate surface area is 126 Å². The zero-order chi connectivity index (χ0) is 16.5. The largest absolute Gasteiger partial charge is 0.481 e. The Morgan fingerprint density at radius 1 is 0.762 bits per heavy atom. The molecule has 0 aromatic heterocycles. The van der Waals surface area contributed by atoms with Gasteiger partial charge in [0.05, 0.1) is 13.2 Å². The number of carboxylic acids is 2. The van der Waals surface area contributed by atoms with Gasteiger partial charge >= 0.3 is 11.9 Å². The van der Waals surface area contributed by atoms with Crippen molar-refractivity contribution < 1.29 is 30.0 Å². The first-order valence-electron chi connectivity index (χ1n) is 7.68. The number of aliphatic carboxylic acids is 2. The molecule has 0 radical (unpaired) electrons. The van der Waals surface area contributed by atoms with Gasteiger partial charge in [-0.25, -0.2) is 0 Å². The Kier molecular flexibility index (Phi) is 17.8. The Morgan fingerprint density at radius 3 is 1.48 bits per heavy atom. The van der Waals surface area contributed by atoms with Crippen LogP contribution in [0.1, 0.15) is 64.7 Å². The molecule has 0 fully saturated rings.